The van der Waals surface area contributed by atoms with E-state index in [-0.39, 0.29) is 6.10 Å². The molecule has 94 valence electrons. The summed E-state index contributed by atoms with van der Waals surface area (Å²) in [6.45, 7) is 1.53. The first-order valence-corrected chi connectivity index (χ1v) is 6.26. The lowest BCUT2D eigenvalue weighted by atomic mass is 10.2. The number of para-hydroxylation sites is 1. The minimum Gasteiger partial charge on any atom is -0.485 e. The number of rotatable bonds is 3. The molecule has 0 aliphatic carbocycles. The van der Waals surface area contributed by atoms with Crippen LogP contribution in [0.25, 0.3) is 5.69 Å². The van der Waals surface area contributed by atoms with E-state index in [2.05, 4.69) is 5.10 Å². The van der Waals surface area contributed by atoms with E-state index in [1.165, 1.54) is 0 Å². The van der Waals surface area contributed by atoms with Crippen LogP contribution in [0.1, 0.15) is 12.8 Å². The molecule has 0 N–H and O–H groups in total. The van der Waals surface area contributed by atoms with E-state index in [4.69, 9.17) is 9.47 Å². The molecule has 1 saturated heterocycles. The molecule has 1 fully saturated rings. The predicted octanol–water partition coefficient (Wildman–Crippen LogP) is 2.43. The SMILES string of the molecule is c1ccc(-n2cc(OC3CCCOC3)cn2)cc1. The van der Waals surface area contributed by atoms with Crippen LogP contribution in [-0.2, 0) is 4.74 Å². The number of aromatic nitrogens is 2. The fourth-order valence-corrected chi connectivity index (χ4v) is 2.09. The van der Waals surface area contributed by atoms with Crippen LogP contribution < -0.4 is 4.74 Å². The molecular formula is C14H16N2O2. The molecule has 0 bridgehead atoms. The van der Waals surface area contributed by atoms with Crippen LogP contribution in [-0.4, -0.2) is 29.1 Å². The molecule has 1 aliphatic rings. The summed E-state index contributed by atoms with van der Waals surface area (Å²) in [7, 11) is 0. The van der Waals surface area contributed by atoms with Crippen molar-refractivity contribution in [1.29, 1.82) is 0 Å². The van der Waals surface area contributed by atoms with Crippen LogP contribution in [0.15, 0.2) is 42.7 Å². The van der Waals surface area contributed by atoms with Crippen molar-refractivity contribution in [3.63, 3.8) is 0 Å². The van der Waals surface area contributed by atoms with Gasteiger partial charge in [-0.05, 0) is 25.0 Å². The zero-order valence-corrected chi connectivity index (χ0v) is 10.2. The Morgan fingerprint density at radius 2 is 2.17 bits per heavy atom. The monoisotopic (exact) mass is 244 g/mol. The van der Waals surface area contributed by atoms with Crippen LogP contribution in [0.3, 0.4) is 0 Å². The Morgan fingerprint density at radius 1 is 1.28 bits per heavy atom. The minimum absolute atomic E-state index is 0.159. The van der Waals surface area contributed by atoms with Crippen LogP contribution in [0, 0.1) is 0 Å². The van der Waals surface area contributed by atoms with E-state index >= 15 is 0 Å². The largest absolute Gasteiger partial charge is 0.485 e. The Bertz CT molecular complexity index is 490. The van der Waals surface area contributed by atoms with Crippen LogP contribution in [0.4, 0.5) is 0 Å². The van der Waals surface area contributed by atoms with Crippen molar-refractivity contribution in [2.75, 3.05) is 13.2 Å². The first kappa shape index (κ1) is 11.3. The van der Waals surface area contributed by atoms with E-state index in [0.29, 0.717) is 6.61 Å². The van der Waals surface area contributed by atoms with Crippen molar-refractivity contribution in [2.45, 2.75) is 18.9 Å². The maximum atomic E-state index is 5.85. The molecule has 18 heavy (non-hydrogen) atoms. The summed E-state index contributed by atoms with van der Waals surface area (Å²) in [5.74, 6) is 0.800. The summed E-state index contributed by atoms with van der Waals surface area (Å²) in [4.78, 5) is 0. The van der Waals surface area contributed by atoms with Crippen molar-refractivity contribution in [3.05, 3.63) is 42.7 Å². The maximum Gasteiger partial charge on any atom is 0.158 e. The molecule has 1 atom stereocenters. The Kier molecular flexibility index (Phi) is 3.28. The molecule has 2 heterocycles. The van der Waals surface area contributed by atoms with Gasteiger partial charge in [0.25, 0.3) is 0 Å². The van der Waals surface area contributed by atoms with Crippen molar-refractivity contribution in [3.8, 4) is 11.4 Å². The summed E-state index contributed by atoms with van der Waals surface area (Å²) >= 11 is 0. The highest BCUT2D eigenvalue weighted by Crippen LogP contribution is 2.18. The number of hydrogen-bond acceptors (Lipinski definition) is 3. The average Bonchev–Trinajstić information content (AvgIpc) is 2.89. The average molecular weight is 244 g/mol. The van der Waals surface area contributed by atoms with Crippen molar-refractivity contribution >= 4 is 0 Å². The van der Waals surface area contributed by atoms with Gasteiger partial charge in [0, 0.05) is 6.61 Å². The molecule has 1 unspecified atom stereocenters. The van der Waals surface area contributed by atoms with E-state index in [9.17, 15) is 0 Å². The summed E-state index contributed by atoms with van der Waals surface area (Å²) in [6.07, 6.45) is 5.94. The standard InChI is InChI=1S/C14H16N2O2/c1-2-5-12(6-3-1)16-10-14(9-15-16)18-13-7-4-8-17-11-13/h1-3,5-6,9-10,13H,4,7-8,11H2. The van der Waals surface area contributed by atoms with Gasteiger partial charge in [-0.15, -0.1) is 0 Å². The fraction of sp³-hybridized carbons (Fsp3) is 0.357. The third-order valence-corrected chi connectivity index (χ3v) is 3.00. The third-order valence-electron chi connectivity index (χ3n) is 3.00. The second kappa shape index (κ2) is 5.23. The Morgan fingerprint density at radius 3 is 2.94 bits per heavy atom. The lowest BCUT2D eigenvalue weighted by Crippen LogP contribution is -2.27. The highest BCUT2D eigenvalue weighted by atomic mass is 16.5. The first-order chi connectivity index (χ1) is 8.92. The lowest BCUT2D eigenvalue weighted by Gasteiger charge is -2.22. The van der Waals surface area contributed by atoms with Gasteiger partial charge in [-0.2, -0.15) is 5.10 Å². The molecule has 0 spiro atoms. The summed E-state index contributed by atoms with van der Waals surface area (Å²) in [6, 6.07) is 10.0. The van der Waals surface area contributed by atoms with Gasteiger partial charge in [0.15, 0.2) is 5.75 Å². The van der Waals surface area contributed by atoms with E-state index in [1.54, 1.807) is 6.20 Å². The molecule has 0 saturated carbocycles. The van der Waals surface area contributed by atoms with Gasteiger partial charge in [-0.1, -0.05) is 18.2 Å². The molecule has 4 heteroatoms. The molecule has 2 aromatic rings. The van der Waals surface area contributed by atoms with Crippen LogP contribution in [0.5, 0.6) is 5.75 Å². The zero-order chi connectivity index (χ0) is 12.2. The normalized spacial score (nSPS) is 19.7. The summed E-state index contributed by atoms with van der Waals surface area (Å²) < 4.78 is 13.1. The summed E-state index contributed by atoms with van der Waals surface area (Å²) in [5.41, 5.74) is 1.03. The number of nitrogens with zero attached hydrogens (tertiary/aromatic N) is 2. The first-order valence-electron chi connectivity index (χ1n) is 6.26. The van der Waals surface area contributed by atoms with Gasteiger partial charge in [0.1, 0.15) is 6.10 Å². The maximum absolute atomic E-state index is 5.85. The van der Waals surface area contributed by atoms with Crippen LogP contribution >= 0.6 is 0 Å². The molecule has 1 aliphatic heterocycles. The molecule has 0 amide bonds. The highest BCUT2D eigenvalue weighted by Gasteiger charge is 2.16. The van der Waals surface area contributed by atoms with Gasteiger partial charge < -0.3 is 9.47 Å². The van der Waals surface area contributed by atoms with Gasteiger partial charge in [0.05, 0.1) is 24.7 Å². The number of hydrogen-bond donors (Lipinski definition) is 0. The Hall–Kier alpha value is -1.81. The molecule has 1 aromatic heterocycles. The summed E-state index contributed by atoms with van der Waals surface area (Å²) in [5, 5.41) is 4.30. The van der Waals surface area contributed by atoms with Gasteiger partial charge in [0.2, 0.25) is 0 Å². The van der Waals surface area contributed by atoms with Gasteiger partial charge >= 0.3 is 0 Å². The van der Waals surface area contributed by atoms with Crippen molar-refractivity contribution < 1.29 is 9.47 Å². The van der Waals surface area contributed by atoms with E-state index < -0.39 is 0 Å². The predicted molar refractivity (Wildman–Crippen MR) is 68.0 cm³/mol. The zero-order valence-electron chi connectivity index (χ0n) is 10.2. The Labute approximate surface area is 106 Å². The van der Waals surface area contributed by atoms with E-state index in [1.807, 2.05) is 41.2 Å². The quantitative estimate of drug-likeness (QED) is 0.832. The second-order valence-electron chi connectivity index (χ2n) is 4.41. The molecule has 4 nitrogen and oxygen atoms in total. The topological polar surface area (TPSA) is 36.3 Å². The fourth-order valence-electron chi connectivity index (χ4n) is 2.09. The van der Waals surface area contributed by atoms with Crippen LogP contribution in [0.2, 0.25) is 0 Å². The highest BCUT2D eigenvalue weighted by molar-refractivity contribution is 5.32. The second-order valence-corrected chi connectivity index (χ2v) is 4.41. The molecule has 1 aromatic carbocycles. The number of ether oxygens (including phenoxy) is 2. The minimum atomic E-state index is 0.159. The molecule has 3 rings (SSSR count). The Balaban J connectivity index is 1.69. The lowest BCUT2D eigenvalue weighted by molar-refractivity contribution is 0.00741. The van der Waals surface area contributed by atoms with Gasteiger partial charge in [-0.3, -0.25) is 0 Å². The molecular weight excluding hydrogens is 228 g/mol. The van der Waals surface area contributed by atoms with E-state index in [0.717, 1.165) is 30.9 Å². The third kappa shape index (κ3) is 2.54. The van der Waals surface area contributed by atoms with Crippen molar-refractivity contribution in [1.82, 2.24) is 9.78 Å². The van der Waals surface area contributed by atoms with Crippen molar-refractivity contribution in [2.24, 2.45) is 0 Å². The van der Waals surface area contributed by atoms with Gasteiger partial charge in [-0.25, -0.2) is 4.68 Å². The smallest absolute Gasteiger partial charge is 0.158 e. The molecule has 0 radical (unpaired) electrons. The number of benzene rings is 1.